The first-order chi connectivity index (χ1) is 38.2. The lowest BCUT2D eigenvalue weighted by atomic mass is 9.47. The summed E-state index contributed by atoms with van der Waals surface area (Å²) >= 11 is 0. The van der Waals surface area contributed by atoms with Crippen LogP contribution in [0.5, 0.6) is 28.7 Å². The number of allylic oxidation sites excluding steroid dienone is 1. The smallest absolute Gasteiger partial charge is 0.318 e. The molecule has 15 heteroatoms. The van der Waals surface area contributed by atoms with Crippen LogP contribution in [0.3, 0.4) is 0 Å². The maximum Gasteiger partial charge on any atom is 0.318 e. The summed E-state index contributed by atoms with van der Waals surface area (Å²) in [5, 5.41) is 80.2. The number of nitrogens with one attached hydrogen (secondary N) is 2. The summed E-state index contributed by atoms with van der Waals surface area (Å²) in [6.07, 6.45) is 4.75. The molecule has 1 aliphatic heterocycles. The summed E-state index contributed by atoms with van der Waals surface area (Å²) in [4.78, 5) is 36.2. The van der Waals surface area contributed by atoms with Crippen LogP contribution < -0.4 is 9.47 Å². The first-order valence-electron chi connectivity index (χ1n) is 27.7. The van der Waals surface area contributed by atoms with E-state index in [0.717, 1.165) is 61.2 Å². The van der Waals surface area contributed by atoms with E-state index in [1.165, 1.54) is 13.2 Å². The summed E-state index contributed by atoms with van der Waals surface area (Å²) in [5.74, 6) is 4.70. The molecular formula is C64H67N3O12. The number of aromatic nitrogens is 3. The lowest BCUT2D eigenvalue weighted by Gasteiger charge is -2.57. The first kappa shape index (κ1) is 52.2. The van der Waals surface area contributed by atoms with Gasteiger partial charge in [0.15, 0.2) is 23.0 Å². The third kappa shape index (κ3) is 9.83. The summed E-state index contributed by atoms with van der Waals surface area (Å²) in [5.41, 5.74) is 7.50. The second-order valence-corrected chi connectivity index (χ2v) is 23.0. The van der Waals surface area contributed by atoms with Crippen LogP contribution >= 0.6 is 0 Å². The highest BCUT2D eigenvalue weighted by Crippen LogP contribution is 2.67. The minimum atomic E-state index is -1.36. The molecule has 5 aliphatic rings. The molecule has 0 radical (unpaired) electrons. The number of carbonyl (C=O) groups is 2. The molecule has 2 bridgehead atoms. The number of hydrogen-bond donors (Lipinski definition) is 9. The number of benzene rings is 4. The minimum absolute atomic E-state index is 0.0114. The Morgan fingerprint density at radius 1 is 0.899 bits per heavy atom. The molecule has 1 spiro atoms. The van der Waals surface area contributed by atoms with Gasteiger partial charge in [0, 0.05) is 53.9 Å². The molecule has 3 saturated carbocycles. The van der Waals surface area contributed by atoms with E-state index in [2.05, 4.69) is 38.5 Å². The van der Waals surface area contributed by atoms with E-state index < -0.39 is 41.2 Å². The van der Waals surface area contributed by atoms with Gasteiger partial charge in [0.2, 0.25) is 0 Å². The predicted molar refractivity (Wildman–Crippen MR) is 296 cm³/mol. The zero-order chi connectivity index (χ0) is 54.7. The predicted octanol–water partition coefficient (Wildman–Crippen LogP) is 8.97. The SMILES string of the molecule is COc1cc2c(cc1O)C1=C[C@H]3C[C@]4(CC[C@@](O)(Cn5c(-c6cccc(O)c6)cc6[nH]ccc65)C4)[C@H]4C[C@@H](O)CC[C@@H]4[C@@H]3[C@H]2CC(=O)C[C@@H]([C@H](O)Cc2ccc(O)c(OCCO)c2)OC(=O)CC#CCc2c1[nH]c1ccccc21. The fourth-order valence-corrected chi connectivity index (χ4v) is 15.1. The normalized spacial score (nSPS) is 27.3. The topological polar surface area (TPSA) is 240 Å². The van der Waals surface area contributed by atoms with Crippen molar-refractivity contribution >= 4 is 39.3 Å². The van der Waals surface area contributed by atoms with Gasteiger partial charge in [-0.3, -0.25) is 9.59 Å². The molecule has 4 aliphatic carbocycles. The largest absolute Gasteiger partial charge is 0.508 e. The van der Waals surface area contributed by atoms with E-state index in [0.29, 0.717) is 57.1 Å². The number of rotatable bonds is 10. The fraction of sp³-hybridized carbons (Fsp3) is 0.406. The van der Waals surface area contributed by atoms with Crippen LogP contribution in [-0.4, -0.2) is 106 Å². The zero-order valence-electron chi connectivity index (χ0n) is 44.2. The van der Waals surface area contributed by atoms with Gasteiger partial charge in [0.05, 0.1) is 60.5 Å². The number of fused-ring (bicyclic) bond motifs is 10. The molecule has 15 nitrogen and oxygen atoms in total. The summed E-state index contributed by atoms with van der Waals surface area (Å²) in [7, 11) is 1.51. The van der Waals surface area contributed by atoms with Crippen molar-refractivity contribution in [1.82, 2.24) is 14.5 Å². The minimum Gasteiger partial charge on any atom is -0.508 e. The van der Waals surface area contributed by atoms with Crippen molar-refractivity contribution in [3.63, 3.8) is 0 Å². The number of aliphatic hydroxyl groups excluding tert-OH is 3. The number of nitrogens with zero attached hydrogens (tertiary/aromatic N) is 1. The number of cyclic esters (lactones) is 1. The van der Waals surface area contributed by atoms with Crippen LogP contribution in [0, 0.1) is 40.9 Å². The van der Waals surface area contributed by atoms with E-state index in [1.807, 2.05) is 54.7 Å². The molecule has 0 amide bonds. The Hall–Kier alpha value is -7.48. The number of aliphatic hydroxyl groups is 4. The number of para-hydroxylation sites is 1. The van der Waals surface area contributed by atoms with Crippen molar-refractivity contribution in [3.05, 3.63) is 131 Å². The molecule has 0 saturated heterocycles. The number of Topliss-reactive ketones (excluding diaryl/α,β-unsaturated/α-hetero) is 1. The molecule has 0 unspecified atom stereocenters. The fourth-order valence-electron chi connectivity index (χ4n) is 15.1. The number of esters is 1. The van der Waals surface area contributed by atoms with Crippen molar-refractivity contribution in [3.8, 4) is 51.8 Å². The Kier molecular flexibility index (Phi) is 13.9. The molecule has 10 atom stereocenters. The number of ketones is 1. The number of aromatic hydroxyl groups is 3. The highest BCUT2D eigenvalue weighted by Gasteiger charge is 2.61. The highest BCUT2D eigenvalue weighted by molar-refractivity contribution is 5.94. The summed E-state index contributed by atoms with van der Waals surface area (Å²) < 4.78 is 19.6. The summed E-state index contributed by atoms with van der Waals surface area (Å²) in [6, 6.07) is 27.4. The highest BCUT2D eigenvalue weighted by atomic mass is 16.6. The Balaban J connectivity index is 0.985. The van der Waals surface area contributed by atoms with Gasteiger partial charge in [-0.1, -0.05) is 54.3 Å². The Bertz CT molecular complexity index is 3580. The lowest BCUT2D eigenvalue weighted by Crippen LogP contribution is -2.52. The quantitative estimate of drug-likeness (QED) is 0.0461. The molecule has 12 rings (SSSR count). The molecule has 79 heavy (non-hydrogen) atoms. The monoisotopic (exact) mass is 1070 g/mol. The molecular weight excluding hydrogens is 1000 g/mol. The Morgan fingerprint density at radius 3 is 2.58 bits per heavy atom. The second kappa shape index (κ2) is 21.0. The van der Waals surface area contributed by atoms with Gasteiger partial charge in [-0.25, -0.2) is 0 Å². The third-order valence-corrected chi connectivity index (χ3v) is 18.3. The van der Waals surface area contributed by atoms with Gasteiger partial charge in [-0.2, -0.15) is 0 Å². The average Bonchev–Trinajstić information content (AvgIpc) is 4.20. The Morgan fingerprint density at radius 2 is 1.75 bits per heavy atom. The van der Waals surface area contributed by atoms with Crippen molar-refractivity contribution < 1.29 is 59.5 Å². The van der Waals surface area contributed by atoms with Gasteiger partial charge in [0.25, 0.3) is 0 Å². The number of aromatic amines is 2. The summed E-state index contributed by atoms with van der Waals surface area (Å²) in [6.45, 7) is -0.0343. The molecule has 4 heterocycles. The van der Waals surface area contributed by atoms with E-state index in [-0.39, 0.29) is 104 Å². The van der Waals surface area contributed by atoms with Crippen molar-refractivity contribution in [1.29, 1.82) is 0 Å². The van der Waals surface area contributed by atoms with Crippen molar-refractivity contribution in [2.75, 3.05) is 20.3 Å². The van der Waals surface area contributed by atoms with E-state index in [1.54, 1.807) is 30.3 Å². The number of carbonyl (C=O) groups excluding carboxylic acids is 2. The van der Waals surface area contributed by atoms with Crippen LogP contribution in [0.25, 0.3) is 38.8 Å². The number of ether oxygens (including phenoxy) is 3. The van der Waals surface area contributed by atoms with Gasteiger partial charge < -0.3 is 64.5 Å². The standard InChI is InChI=1S/C64H67N3O12/c1-77-57-31-46-45(30-56(57)74)48-26-38-33-63(18-19-64(76,34-63)35-67-52-17-20-65-51(52)32-53(67)37-7-6-8-39(69)25-37)49-28-40(70)14-15-44(49)61(38)47(46)27-41(71)29-59(55(73)23-36-13-16-54(72)58(24-36)78-22-21-68)79-60(75)12-5-3-10-43-42-9-2-4-11-50(42)66-62(43)48/h2,4,6-9,11,13,16-17,20,24-26,30-32,38,40,44,47,49,55,59,61,65-66,68-70,72-74,76H,10,12,14-15,18-19,21-23,27-29,33-35H2,1H3/t38-,40-,44-,47-,49-,55+,59-,61+,63-,64-/m0/s1. The molecule has 3 fully saturated rings. The number of phenolic OH excluding ortho intramolecular Hbond substituents is 3. The van der Waals surface area contributed by atoms with Gasteiger partial charge >= 0.3 is 5.97 Å². The number of H-pyrrole nitrogens is 2. The Labute approximate surface area is 457 Å². The van der Waals surface area contributed by atoms with Crippen LogP contribution in [0.15, 0.2) is 103 Å². The second-order valence-electron chi connectivity index (χ2n) is 23.0. The van der Waals surface area contributed by atoms with E-state index in [9.17, 15) is 40.5 Å². The third-order valence-electron chi connectivity index (χ3n) is 18.3. The van der Waals surface area contributed by atoms with Gasteiger partial charge in [-0.15, -0.1) is 0 Å². The number of methoxy groups -OCH3 is 1. The van der Waals surface area contributed by atoms with Crippen LogP contribution in [-0.2, 0) is 33.7 Å². The maximum atomic E-state index is 15.3. The lowest BCUT2D eigenvalue weighted by molar-refractivity contribution is -0.155. The average molecular weight is 1070 g/mol. The van der Waals surface area contributed by atoms with Crippen LogP contribution in [0.1, 0.15) is 98.1 Å². The molecule has 9 N–H and O–H groups in total. The van der Waals surface area contributed by atoms with E-state index >= 15 is 4.79 Å². The van der Waals surface area contributed by atoms with E-state index in [4.69, 9.17) is 14.2 Å². The maximum absolute atomic E-state index is 15.3. The molecule has 7 aromatic rings. The molecule has 4 aromatic carbocycles. The van der Waals surface area contributed by atoms with Crippen LogP contribution in [0.2, 0.25) is 0 Å². The van der Waals surface area contributed by atoms with Crippen molar-refractivity contribution in [2.24, 2.45) is 29.1 Å². The first-order valence-corrected chi connectivity index (χ1v) is 27.7. The zero-order valence-corrected chi connectivity index (χ0v) is 44.2. The number of phenols is 3. The van der Waals surface area contributed by atoms with Crippen LogP contribution in [0.4, 0.5) is 0 Å². The van der Waals surface area contributed by atoms with Crippen molar-refractivity contribution in [2.45, 2.75) is 113 Å². The molecule has 3 aromatic heterocycles. The van der Waals surface area contributed by atoms with Gasteiger partial charge in [-0.05, 0) is 157 Å². The number of hydrogen-bond acceptors (Lipinski definition) is 12. The molecule has 410 valence electrons. The van der Waals surface area contributed by atoms with Gasteiger partial charge in [0.1, 0.15) is 30.7 Å².